The summed E-state index contributed by atoms with van der Waals surface area (Å²) < 4.78 is 0. The quantitative estimate of drug-likeness (QED) is 0.531. The van der Waals surface area contributed by atoms with Crippen molar-refractivity contribution in [3.05, 3.63) is 29.1 Å². The molecule has 60 valence electrons. The summed E-state index contributed by atoms with van der Waals surface area (Å²) in [7, 11) is 0. The van der Waals surface area contributed by atoms with E-state index in [0.29, 0.717) is 5.69 Å². The molecule has 1 aromatic heterocycles. The van der Waals surface area contributed by atoms with Gasteiger partial charge in [-0.1, -0.05) is 11.6 Å². The minimum absolute atomic E-state index is 0.00546. The average molecular weight is 181 g/mol. The fourth-order valence-corrected chi connectivity index (χ4v) is 0.836. The van der Waals surface area contributed by atoms with Crippen molar-refractivity contribution in [2.24, 2.45) is 0 Å². The first-order valence-corrected chi connectivity index (χ1v) is 3.53. The molecule has 0 aliphatic rings. The van der Waals surface area contributed by atoms with Gasteiger partial charge in [0.1, 0.15) is 16.6 Å². The molecule has 0 fully saturated rings. The molecule has 0 bridgehead atoms. The number of hydrogen-bond donors (Lipinski definition) is 1. The van der Waals surface area contributed by atoms with E-state index in [4.69, 9.17) is 16.9 Å². The summed E-state index contributed by atoms with van der Waals surface area (Å²) in [6.45, 7) is 0. The second kappa shape index (κ2) is 3.74. The number of pyridine rings is 1. The lowest BCUT2D eigenvalue weighted by Crippen LogP contribution is -1.81. The van der Waals surface area contributed by atoms with E-state index in [2.05, 4.69) is 4.98 Å². The van der Waals surface area contributed by atoms with Crippen molar-refractivity contribution in [2.45, 2.75) is 0 Å². The van der Waals surface area contributed by atoms with Gasteiger partial charge in [-0.25, -0.2) is 4.98 Å². The van der Waals surface area contributed by atoms with Gasteiger partial charge in [-0.15, -0.1) is 0 Å². The van der Waals surface area contributed by atoms with Crippen LogP contribution in [-0.4, -0.2) is 10.1 Å². The molecular weight excluding hydrogens is 176 g/mol. The largest absolute Gasteiger partial charge is 0.506 e. The maximum atomic E-state index is 9.18. The first kappa shape index (κ1) is 8.57. The highest BCUT2D eigenvalue weighted by Gasteiger charge is 1.98. The average Bonchev–Trinajstić information content (AvgIpc) is 2.07. The second-order valence-electron chi connectivity index (χ2n) is 2.00. The molecule has 0 aromatic carbocycles. The fourth-order valence-electron chi connectivity index (χ4n) is 0.682. The Morgan fingerprint density at radius 2 is 2.33 bits per heavy atom. The van der Waals surface area contributed by atoms with Crippen molar-refractivity contribution < 1.29 is 5.11 Å². The number of hydrogen-bond acceptors (Lipinski definition) is 3. The normalized spacial score (nSPS) is 10.0. The summed E-state index contributed by atoms with van der Waals surface area (Å²) in [5.74, 6) is 0.00546. The van der Waals surface area contributed by atoms with Crippen LogP contribution in [0, 0.1) is 11.3 Å². The molecule has 3 nitrogen and oxygen atoms in total. The second-order valence-corrected chi connectivity index (χ2v) is 2.39. The van der Waals surface area contributed by atoms with Gasteiger partial charge in [0.2, 0.25) is 0 Å². The van der Waals surface area contributed by atoms with Crippen LogP contribution in [-0.2, 0) is 0 Å². The lowest BCUT2D eigenvalue weighted by atomic mass is 10.3. The lowest BCUT2D eigenvalue weighted by molar-refractivity contribution is 0.471. The molecule has 1 rings (SSSR count). The third-order valence-electron chi connectivity index (χ3n) is 1.18. The first-order valence-electron chi connectivity index (χ1n) is 3.15. The van der Waals surface area contributed by atoms with Crippen molar-refractivity contribution >= 4 is 17.7 Å². The number of nitrogens with zero attached hydrogens (tertiary/aromatic N) is 2. The van der Waals surface area contributed by atoms with Gasteiger partial charge in [-0.2, -0.15) is 5.26 Å². The molecule has 1 aromatic rings. The third-order valence-corrected chi connectivity index (χ3v) is 1.39. The molecule has 1 N–H and O–H groups in total. The highest BCUT2D eigenvalue weighted by atomic mass is 35.5. The molecule has 0 radical (unpaired) electrons. The minimum Gasteiger partial charge on any atom is -0.506 e. The SMILES string of the molecule is N#CC=Cc1nc(Cl)ccc1O. The monoisotopic (exact) mass is 180 g/mol. The number of nitriles is 1. The molecule has 0 spiro atoms. The van der Waals surface area contributed by atoms with Gasteiger partial charge in [0, 0.05) is 6.08 Å². The Hall–Kier alpha value is -1.53. The minimum atomic E-state index is 0.00546. The van der Waals surface area contributed by atoms with Gasteiger partial charge in [-0.05, 0) is 18.2 Å². The molecule has 12 heavy (non-hydrogen) atoms. The molecule has 0 saturated heterocycles. The predicted octanol–water partition coefficient (Wildman–Crippen LogP) is 1.98. The zero-order valence-electron chi connectivity index (χ0n) is 6.03. The van der Waals surface area contributed by atoms with E-state index in [0.717, 1.165) is 0 Å². The van der Waals surface area contributed by atoms with Crippen molar-refractivity contribution in [1.29, 1.82) is 5.26 Å². The molecule has 0 atom stereocenters. The van der Waals surface area contributed by atoms with Gasteiger partial charge < -0.3 is 5.11 Å². The maximum absolute atomic E-state index is 9.18. The summed E-state index contributed by atoms with van der Waals surface area (Å²) in [6, 6.07) is 4.68. The molecule has 0 unspecified atom stereocenters. The van der Waals surface area contributed by atoms with Crippen molar-refractivity contribution in [3.63, 3.8) is 0 Å². The van der Waals surface area contributed by atoms with Crippen molar-refractivity contribution in [1.82, 2.24) is 4.98 Å². The summed E-state index contributed by atoms with van der Waals surface area (Å²) in [5, 5.41) is 17.7. The molecule has 0 amide bonds. The van der Waals surface area contributed by atoms with Gasteiger partial charge in [-0.3, -0.25) is 0 Å². The van der Waals surface area contributed by atoms with Crippen LogP contribution in [0.3, 0.4) is 0 Å². The van der Waals surface area contributed by atoms with Gasteiger partial charge in [0.25, 0.3) is 0 Å². The van der Waals surface area contributed by atoms with E-state index < -0.39 is 0 Å². The number of allylic oxidation sites excluding steroid dienone is 1. The number of rotatable bonds is 1. The van der Waals surface area contributed by atoms with E-state index in [1.807, 2.05) is 0 Å². The Morgan fingerprint density at radius 3 is 3.00 bits per heavy atom. The summed E-state index contributed by atoms with van der Waals surface area (Å²) in [4.78, 5) is 3.79. The van der Waals surface area contributed by atoms with Crippen LogP contribution in [0.2, 0.25) is 5.15 Å². The zero-order chi connectivity index (χ0) is 8.97. The maximum Gasteiger partial charge on any atom is 0.141 e. The summed E-state index contributed by atoms with van der Waals surface area (Å²) in [5.41, 5.74) is 0.295. The molecule has 0 saturated carbocycles. The Balaban J connectivity index is 3.07. The third kappa shape index (κ3) is 1.97. The van der Waals surface area contributed by atoms with E-state index in [9.17, 15) is 5.11 Å². The Labute approximate surface area is 74.5 Å². The van der Waals surface area contributed by atoms with Crippen LogP contribution in [0.25, 0.3) is 6.08 Å². The molecular formula is C8H5ClN2O. The molecule has 1 heterocycles. The van der Waals surface area contributed by atoms with Crippen LogP contribution >= 0.6 is 11.6 Å². The number of aromatic nitrogens is 1. The fraction of sp³-hybridized carbons (Fsp3) is 0. The van der Waals surface area contributed by atoms with E-state index in [1.54, 1.807) is 6.07 Å². The highest BCUT2D eigenvalue weighted by Crippen LogP contribution is 2.18. The van der Waals surface area contributed by atoms with E-state index in [-0.39, 0.29) is 10.9 Å². The number of halogens is 1. The Kier molecular flexibility index (Phi) is 2.67. The van der Waals surface area contributed by atoms with Crippen LogP contribution in [0.1, 0.15) is 5.69 Å². The molecule has 0 aliphatic heterocycles. The molecule has 4 heteroatoms. The predicted molar refractivity (Wildman–Crippen MR) is 45.6 cm³/mol. The summed E-state index contributed by atoms with van der Waals surface area (Å²) >= 11 is 5.56. The highest BCUT2D eigenvalue weighted by molar-refractivity contribution is 6.29. The van der Waals surface area contributed by atoms with E-state index >= 15 is 0 Å². The van der Waals surface area contributed by atoms with Crippen molar-refractivity contribution in [3.8, 4) is 11.8 Å². The number of aromatic hydroxyl groups is 1. The van der Waals surface area contributed by atoms with Crippen LogP contribution in [0.15, 0.2) is 18.2 Å². The topological polar surface area (TPSA) is 56.9 Å². The smallest absolute Gasteiger partial charge is 0.141 e. The van der Waals surface area contributed by atoms with Crippen molar-refractivity contribution in [2.75, 3.05) is 0 Å². The molecule has 0 aliphatic carbocycles. The van der Waals surface area contributed by atoms with Gasteiger partial charge in [0.15, 0.2) is 0 Å². The Bertz CT molecular complexity index is 355. The lowest BCUT2D eigenvalue weighted by Gasteiger charge is -1.96. The van der Waals surface area contributed by atoms with Crippen LogP contribution in [0.5, 0.6) is 5.75 Å². The standard InChI is InChI=1S/C8H5ClN2O/c9-8-4-3-7(12)6(11-8)2-1-5-10/h1-4,12H. The zero-order valence-corrected chi connectivity index (χ0v) is 6.78. The first-order chi connectivity index (χ1) is 5.74. The Morgan fingerprint density at radius 1 is 1.58 bits per heavy atom. The van der Waals surface area contributed by atoms with Gasteiger partial charge in [0.05, 0.1) is 6.07 Å². The van der Waals surface area contributed by atoms with Gasteiger partial charge >= 0.3 is 0 Å². The van der Waals surface area contributed by atoms with E-state index in [1.165, 1.54) is 24.3 Å². The summed E-state index contributed by atoms with van der Waals surface area (Å²) in [6.07, 6.45) is 2.61. The van der Waals surface area contributed by atoms with Crippen LogP contribution in [0.4, 0.5) is 0 Å². The van der Waals surface area contributed by atoms with Crippen LogP contribution < -0.4 is 0 Å².